The van der Waals surface area contributed by atoms with E-state index in [9.17, 15) is 9.59 Å². The lowest BCUT2D eigenvalue weighted by atomic mass is 10.2. The van der Waals surface area contributed by atoms with Gasteiger partial charge in [0.05, 0.1) is 0 Å². The molecule has 0 saturated carbocycles. The quantitative estimate of drug-likeness (QED) is 0.662. The van der Waals surface area contributed by atoms with Crippen molar-refractivity contribution in [1.29, 1.82) is 0 Å². The Bertz CT molecular complexity index is 281. The number of nitrogens with one attached hydrogen (secondary N) is 1. The van der Waals surface area contributed by atoms with E-state index in [1.807, 2.05) is 19.0 Å². The Balaban J connectivity index is 2.43. The second-order valence-corrected chi connectivity index (χ2v) is 4.67. The molecule has 6 heteroatoms. The van der Waals surface area contributed by atoms with Gasteiger partial charge in [-0.2, -0.15) is 0 Å². The van der Waals surface area contributed by atoms with Crippen molar-refractivity contribution in [3.8, 4) is 0 Å². The summed E-state index contributed by atoms with van der Waals surface area (Å²) in [5.74, 6) is -1.13. The zero-order chi connectivity index (χ0) is 12.8. The number of aliphatic carboxylic acids is 1. The van der Waals surface area contributed by atoms with E-state index in [-0.39, 0.29) is 5.91 Å². The number of carboxylic acid groups (broad SMARTS) is 1. The van der Waals surface area contributed by atoms with Gasteiger partial charge in [-0.3, -0.25) is 4.79 Å². The summed E-state index contributed by atoms with van der Waals surface area (Å²) in [6.45, 7) is 2.84. The van der Waals surface area contributed by atoms with Crippen LogP contribution in [0.4, 0.5) is 0 Å². The van der Waals surface area contributed by atoms with E-state index >= 15 is 0 Å². The van der Waals surface area contributed by atoms with E-state index in [1.54, 1.807) is 0 Å². The van der Waals surface area contributed by atoms with E-state index in [2.05, 4.69) is 10.2 Å². The molecular formula is C11H21N3O3. The Kier molecular flexibility index (Phi) is 5.37. The fraction of sp³-hybridized carbons (Fsp3) is 0.818. The van der Waals surface area contributed by atoms with Crippen LogP contribution in [0, 0.1) is 0 Å². The first-order valence-corrected chi connectivity index (χ1v) is 5.88. The van der Waals surface area contributed by atoms with Gasteiger partial charge in [-0.05, 0) is 33.6 Å². The molecule has 1 fully saturated rings. The molecule has 6 nitrogen and oxygen atoms in total. The van der Waals surface area contributed by atoms with Crippen LogP contribution in [0.3, 0.4) is 0 Å². The minimum atomic E-state index is -0.960. The molecule has 0 aromatic rings. The number of hydrogen-bond donors (Lipinski definition) is 2. The zero-order valence-electron chi connectivity index (χ0n) is 10.5. The minimum Gasteiger partial charge on any atom is -0.480 e. The summed E-state index contributed by atoms with van der Waals surface area (Å²) in [7, 11) is 4.02. The maximum atomic E-state index is 11.3. The van der Waals surface area contributed by atoms with Gasteiger partial charge in [-0.25, -0.2) is 4.79 Å². The molecule has 2 N–H and O–H groups in total. The second-order valence-electron chi connectivity index (χ2n) is 4.67. The summed E-state index contributed by atoms with van der Waals surface area (Å²) < 4.78 is 0. The molecular weight excluding hydrogens is 222 g/mol. The van der Waals surface area contributed by atoms with Crippen LogP contribution in [-0.2, 0) is 9.59 Å². The van der Waals surface area contributed by atoms with Crippen molar-refractivity contribution in [3.63, 3.8) is 0 Å². The summed E-state index contributed by atoms with van der Waals surface area (Å²) >= 11 is 0. The van der Waals surface area contributed by atoms with Gasteiger partial charge < -0.3 is 20.2 Å². The maximum absolute atomic E-state index is 11.3. The molecule has 1 saturated heterocycles. The number of carboxylic acids is 1. The van der Waals surface area contributed by atoms with Crippen LogP contribution < -0.4 is 5.32 Å². The Labute approximate surface area is 102 Å². The van der Waals surface area contributed by atoms with Gasteiger partial charge in [-0.15, -0.1) is 0 Å². The van der Waals surface area contributed by atoms with Crippen LogP contribution in [-0.4, -0.2) is 73.1 Å². The second kappa shape index (κ2) is 6.56. The van der Waals surface area contributed by atoms with Gasteiger partial charge in [0.2, 0.25) is 5.91 Å². The molecule has 1 heterocycles. The number of nitrogens with zero attached hydrogens (tertiary/aromatic N) is 2. The lowest BCUT2D eigenvalue weighted by Gasteiger charge is -2.22. The van der Waals surface area contributed by atoms with Crippen molar-refractivity contribution in [2.24, 2.45) is 0 Å². The molecule has 0 radical (unpaired) electrons. The largest absolute Gasteiger partial charge is 0.480 e. The third kappa shape index (κ3) is 5.14. The highest BCUT2D eigenvalue weighted by molar-refractivity contribution is 5.84. The van der Waals surface area contributed by atoms with E-state index in [1.165, 1.54) is 0 Å². The van der Waals surface area contributed by atoms with Crippen LogP contribution >= 0.6 is 0 Å². The fourth-order valence-electron chi connectivity index (χ4n) is 1.87. The third-order valence-corrected chi connectivity index (χ3v) is 2.81. The number of rotatable bonds is 5. The predicted octanol–water partition coefficient (Wildman–Crippen LogP) is -0.787. The molecule has 0 aliphatic carbocycles. The smallest absolute Gasteiger partial charge is 0.327 e. The first-order chi connectivity index (χ1) is 7.99. The SMILES string of the molecule is CN(C)CCCN1CCC(=O)NC(C(=O)O)C1. The van der Waals surface area contributed by atoms with Crippen molar-refractivity contribution in [2.75, 3.05) is 40.3 Å². The minimum absolute atomic E-state index is 0.174. The molecule has 1 rings (SSSR count). The van der Waals surface area contributed by atoms with Crippen LogP contribution in [0.2, 0.25) is 0 Å². The summed E-state index contributed by atoms with van der Waals surface area (Å²) in [6, 6.07) is -0.774. The van der Waals surface area contributed by atoms with Gasteiger partial charge in [0.1, 0.15) is 6.04 Å². The lowest BCUT2D eigenvalue weighted by Crippen LogP contribution is -2.45. The Morgan fingerprint density at radius 1 is 1.59 bits per heavy atom. The maximum Gasteiger partial charge on any atom is 0.327 e. The normalized spacial score (nSPS) is 22.3. The number of carbonyl (C=O) groups is 2. The first kappa shape index (κ1) is 13.9. The molecule has 1 atom stereocenters. The Morgan fingerprint density at radius 2 is 2.29 bits per heavy atom. The number of carbonyl (C=O) groups excluding carboxylic acids is 1. The molecule has 1 aliphatic rings. The van der Waals surface area contributed by atoms with Crippen LogP contribution in [0.15, 0.2) is 0 Å². The number of amides is 1. The van der Waals surface area contributed by atoms with E-state index in [4.69, 9.17) is 5.11 Å². The summed E-state index contributed by atoms with van der Waals surface area (Å²) in [6.07, 6.45) is 1.36. The number of hydrogen-bond acceptors (Lipinski definition) is 4. The van der Waals surface area contributed by atoms with E-state index < -0.39 is 12.0 Å². The highest BCUT2D eigenvalue weighted by Gasteiger charge is 2.26. The topological polar surface area (TPSA) is 72.9 Å². The monoisotopic (exact) mass is 243 g/mol. The summed E-state index contributed by atoms with van der Waals surface area (Å²) in [5.41, 5.74) is 0. The molecule has 1 amide bonds. The zero-order valence-corrected chi connectivity index (χ0v) is 10.5. The van der Waals surface area contributed by atoms with Crippen molar-refractivity contribution < 1.29 is 14.7 Å². The van der Waals surface area contributed by atoms with Gasteiger partial charge in [-0.1, -0.05) is 0 Å². The van der Waals surface area contributed by atoms with Crippen LogP contribution in [0.5, 0.6) is 0 Å². The summed E-state index contributed by atoms with van der Waals surface area (Å²) in [5, 5.41) is 11.5. The Hall–Kier alpha value is -1.14. The molecule has 1 unspecified atom stereocenters. The molecule has 98 valence electrons. The molecule has 0 bridgehead atoms. The highest BCUT2D eigenvalue weighted by atomic mass is 16.4. The average Bonchev–Trinajstić information content (AvgIpc) is 2.40. The fourth-order valence-corrected chi connectivity index (χ4v) is 1.87. The predicted molar refractivity (Wildman–Crippen MR) is 63.8 cm³/mol. The lowest BCUT2D eigenvalue weighted by molar-refractivity contribution is -0.141. The van der Waals surface area contributed by atoms with Crippen molar-refractivity contribution in [1.82, 2.24) is 15.1 Å². The summed E-state index contributed by atoms with van der Waals surface area (Å²) in [4.78, 5) is 26.4. The molecule has 0 spiro atoms. The van der Waals surface area contributed by atoms with Gasteiger partial charge in [0, 0.05) is 19.5 Å². The molecule has 0 aromatic heterocycles. The van der Waals surface area contributed by atoms with Gasteiger partial charge >= 0.3 is 5.97 Å². The first-order valence-electron chi connectivity index (χ1n) is 5.88. The Morgan fingerprint density at radius 3 is 2.88 bits per heavy atom. The van der Waals surface area contributed by atoms with Gasteiger partial charge in [0.15, 0.2) is 0 Å². The van der Waals surface area contributed by atoms with Crippen LogP contribution in [0.25, 0.3) is 0 Å². The average molecular weight is 243 g/mol. The molecule has 0 aromatic carbocycles. The van der Waals surface area contributed by atoms with Crippen molar-refractivity contribution in [2.45, 2.75) is 18.9 Å². The standard InChI is InChI=1S/C11H21N3O3/c1-13(2)5-3-6-14-7-4-10(15)12-9(8-14)11(16)17/h9H,3-8H2,1-2H3,(H,12,15)(H,16,17). The van der Waals surface area contributed by atoms with Crippen LogP contribution in [0.1, 0.15) is 12.8 Å². The van der Waals surface area contributed by atoms with Gasteiger partial charge in [0.25, 0.3) is 0 Å². The van der Waals surface area contributed by atoms with Crippen molar-refractivity contribution >= 4 is 11.9 Å². The third-order valence-electron chi connectivity index (χ3n) is 2.81. The van der Waals surface area contributed by atoms with E-state index in [0.717, 1.165) is 19.5 Å². The molecule has 17 heavy (non-hydrogen) atoms. The van der Waals surface area contributed by atoms with E-state index in [0.29, 0.717) is 19.5 Å². The highest BCUT2D eigenvalue weighted by Crippen LogP contribution is 2.03. The van der Waals surface area contributed by atoms with Crippen molar-refractivity contribution in [3.05, 3.63) is 0 Å². The molecule has 1 aliphatic heterocycles.